The molecule has 0 radical (unpaired) electrons. The zero-order valence-electron chi connectivity index (χ0n) is 10.9. The lowest BCUT2D eigenvalue weighted by Gasteiger charge is -2.29. The first-order chi connectivity index (χ1) is 8.88. The van der Waals surface area contributed by atoms with Crippen molar-refractivity contribution in [1.29, 1.82) is 0 Å². The van der Waals surface area contributed by atoms with Crippen molar-refractivity contribution >= 4 is 0 Å². The monoisotopic (exact) mass is 246 g/mol. The first-order valence-electron chi connectivity index (χ1n) is 6.76. The smallest absolute Gasteiger partial charge is 0.0812 e. The van der Waals surface area contributed by atoms with E-state index in [4.69, 9.17) is 9.47 Å². The fourth-order valence-electron chi connectivity index (χ4n) is 2.35. The number of benzene rings is 1. The molecule has 0 saturated carbocycles. The number of hydrogen-bond donors (Lipinski definition) is 0. The van der Waals surface area contributed by atoms with Gasteiger partial charge in [0.15, 0.2) is 0 Å². The zero-order valence-corrected chi connectivity index (χ0v) is 10.9. The van der Waals surface area contributed by atoms with Crippen LogP contribution in [-0.2, 0) is 16.1 Å². The number of rotatable bonds is 6. The zero-order chi connectivity index (χ0) is 12.6. The molecule has 0 aromatic heterocycles. The first-order valence-corrected chi connectivity index (χ1v) is 6.76. The summed E-state index contributed by atoms with van der Waals surface area (Å²) in [6, 6.07) is 10.3. The molecule has 0 amide bonds. The maximum absolute atomic E-state index is 5.97. The van der Waals surface area contributed by atoms with E-state index in [1.807, 2.05) is 24.3 Å². The molecule has 0 N–H and O–H groups in total. The molecule has 1 aromatic carbocycles. The second kappa shape index (κ2) is 7.34. The Labute approximate surface area is 110 Å². The standard InChI is InChI=1S/C16H22O2/c1-2-7-15-10-6-11-16(18-15)13-17-12-14-8-4-3-5-9-14/h2-5,8-9,15-16H,1,6-7,10-13H2/t15-,16+/m1/s1. The summed E-state index contributed by atoms with van der Waals surface area (Å²) < 4.78 is 11.7. The SMILES string of the molecule is C=CC[C@@H]1CCC[C@@H](COCc2ccccc2)O1. The van der Waals surface area contributed by atoms with Crippen LogP contribution in [0, 0.1) is 0 Å². The maximum atomic E-state index is 5.97. The maximum Gasteiger partial charge on any atom is 0.0812 e. The molecule has 0 bridgehead atoms. The van der Waals surface area contributed by atoms with Crippen molar-refractivity contribution in [2.24, 2.45) is 0 Å². The van der Waals surface area contributed by atoms with Crippen LogP contribution in [0.4, 0.5) is 0 Å². The molecule has 0 aliphatic carbocycles. The van der Waals surface area contributed by atoms with Crippen molar-refractivity contribution in [1.82, 2.24) is 0 Å². The molecule has 1 aromatic rings. The Hall–Kier alpha value is -1.12. The molecule has 1 saturated heterocycles. The average molecular weight is 246 g/mol. The van der Waals surface area contributed by atoms with Crippen molar-refractivity contribution in [3.05, 3.63) is 48.6 Å². The van der Waals surface area contributed by atoms with Gasteiger partial charge in [-0.05, 0) is 31.2 Å². The lowest BCUT2D eigenvalue weighted by Crippen LogP contribution is -2.30. The molecule has 1 fully saturated rings. The van der Waals surface area contributed by atoms with Gasteiger partial charge in [0.05, 0.1) is 25.4 Å². The van der Waals surface area contributed by atoms with Crippen LogP contribution in [0.3, 0.4) is 0 Å². The van der Waals surface area contributed by atoms with Gasteiger partial charge >= 0.3 is 0 Å². The van der Waals surface area contributed by atoms with Crippen LogP contribution >= 0.6 is 0 Å². The highest BCUT2D eigenvalue weighted by Gasteiger charge is 2.21. The summed E-state index contributed by atoms with van der Waals surface area (Å²) in [7, 11) is 0. The van der Waals surface area contributed by atoms with Gasteiger partial charge in [-0.25, -0.2) is 0 Å². The molecule has 2 rings (SSSR count). The summed E-state index contributed by atoms with van der Waals surface area (Å²) in [4.78, 5) is 0. The van der Waals surface area contributed by atoms with Gasteiger partial charge in [0.25, 0.3) is 0 Å². The van der Waals surface area contributed by atoms with Crippen LogP contribution < -0.4 is 0 Å². The van der Waals surface area contributed by atoms with Crippen LogP contribution in [0.1, 0.15) is 31.2 Å². The molecule has 18 heavy (non-hydrogen) atoms. The van der Waals surface area contributed by atoms with E-state index >= 15 is 0 Å². The van der Waals surface area contributed by atoms with E-state index in [1.54, 1.807) is 0 Å². The van der Waals surface area contributed by atoms with Gasteiger partial charge in [-0.2, -0.15) is 0 Å². The predicted molar refractivity (Wildman–Crippen MR) is 73.4 cm³/mol. The number of ether oxygens (including phenoxy) is 2. The minimum absolute atomic E-state index is 0.257. The summed E-state index contributed by atoms with van der Waals surface area (Å²) in [6.45, 7) is 5.14. The topological polar surface area (TPSA) is 18.5 Å². The van der Waals surface area contributed by atoms with Crippen LogP contribution in [-0.4, -0.2) is 18.8 Å². The largest absolute Gasteiger partial charge is 0.374 e. The summed E-state index contributed by atoms with van der Waals surface area (Å²) in [6.07, 6.45) is 7.00. The molecular weight excluding hydrogens is 224 g/mol. The Morgan fingerprint density at radius 2 is 2.00 bits per heavy atom. The van der Waals surface area contributed by atoms with Crippen molar-refractivity contribution in [2.75, 3.05) is 6.61 Å². The molecule has 98 valence electrons. The Morgan fingerprint density at radius 1 is 1.22 bits per heavy atom. The van der Waals surface area contributed by atoms with Gasteiger partial charge in [-0.3, -0.25) is 0 Å². The molecule has 2 heteroatoms. The van der Waals surface area contributed by atoms with Crippen LogP contribution in [0.2, 0.25) is 0 Å². The Kier molecular flexibility index (Phi) is 5.43. The predicted octanol–water partition coefficient (Wildman–Crippen LogP) is 3.72. The minimum Gasteiger partial charge on any atom is -0.374 e. The van der Waals surface area contributed by atoms with Gasteiger partial charge < -0.3 is 9.47 Å². The van der Waals surface area contributed by atoms with Crippen molar-refractivity contribution in [2.45, 2.75) is 44.5 Å². The third kappa shape index (κ3) is 4.28. The minimum atomic E-state index is 0.257. The lowest BCUT2D eigenvalue weighted by atomic mass is 10.0. The fraction of sp³-hybridized carbons (Fsp3) is 0.500. The van der Waals surface area contributed by atoms with E-state index in [-0.39, 0.29) is 6.10 Å². The van der Waals surface area contributed by atoms with Crippen molar-refractivity contribution in [3.63, 3.8) is 0 Å². The molecule has 1 heterocycles. The Bertz CT molecular complexity index is 347. The fourth-order valence-corrected chi connectivity index (χ4v) is 2.35. The summed E-state index contributed by atoms with van der Waals surface area (Å²) in [5.41, 5.74) is 1.22. The lowest BCUT2D eigenvalue weighted by molar-refractivity contribution is -0.0871. The van der Waals surface area contributed by atoms with Crippen LogP contribution in [0.15, 0.2) is 43.0 Å². The summed E-state index contributed by atoms with van der Waals surface area (Å²) >= 11 is 0. The first kappa shape index (κ1) is 13.3. The second-order valence-electron chi connectivity index (χ2n) is 4.84. The van der Waals surface area contributed by atoms with E-state index < -0.39 is 0 Å². The summed E-state index contributed by atoms with van der Waals surface area (Å²) in [5.74, 6) is 0. The van der Waals surface area contributed by atoms with Crippen molar-refractivity contribution < 1.29 is 9.47 Å². The van der Waals surface area contributed by atoms with E-state index in [2.05, 4.69) is 18.7 Å². The molecule has 0 unspecified atom stereocenters. The van der Waals surface area contributed by atoms with E-state index in [0.29, 0.717) is 19.3 Å². The van der Waals surface area contributed by atoms with Gasteiger partial charge in [0, 0.05) is 0 Å². The average Bonchev–Trinajstić information content (AvgIpc) is 2.41. The molecule has 2 nitrogen and oxygen atoms in total. The normalized spacial score (nSPS) is 23.8. The Balaban J connectivity index is 1.68. The molecule has 2 atom stereocenters. The highest BCUT2D eigenvalue weighted by Crippen LogP contribution is 2.21. The second-order valence-corrected chi connectivity index (χ2v) is 4.84. The molecule has 0 spiro atoms. The van der Waals surface area contributed by atoms with Gasteiger partial charge in [0.1, 0.15) is 0 Å². The highest BCUT2D eigenvalue weighted by molar-refractivity contribution is 5.13. The van der Waals surface area contributed by atoms with E-state index in [0.717, 1.165) is 19.3 Å². The van der Waals surface area contributed by atoms with Crippen LogP contribution in [0.5, 0.6) is 0 Å². The van der Waals surface area contributed by atoms with Gasteiger partial charge in [0.2, 0.25) is 0 Å². The van der Waals surface area contributed by atoms with E-state index in [1.165, 1.54) is 12.0 Å². The molecular formula is C16H22O2. The molecule has 1 aliphatic heterocycles. The van der Waals surface area contributed by atoms with Crippen LogP contribution in [0.25, 0.3) is 0 Å². The van der Waals surface area contributed by atoms with Crippen molar-refractivity contribution in [3.8, 4) is 0 Å². The van der Waals surface area contributed by atoms with Gasteiger partial charge in [-0.1, -0.05) is 36.4 Å². The van der Waals surface area contributed by atoms with E-state index in [9.17, 15) is 0 Å². The van der Waals surface area contributed by atoms with Gasteiger partial charge in [-0.15, -0.1) is 6.58 Å². The summed E-state index contributed by atoms with van der Waals surface area (Å²) in [5, 5.41) is 0. The molecule has 1 aliphatic rings. The Morgan fingerprint density at radius 3 is 2.78 bits per heavy atom. The quantitative estimate of drug-likeness (QED) is 0.712. The highest BCUT2D eigenvalue weighted by atomic mass is 16.5. The third-order valence-electron chi connectivity index (χ3n) is 3.28. The third-order valence-corrected chi connectivity index (χ3v) is 3.28. The number of hydrogen-bond acceptors (Lipinski definition) is 2.